The average molecular weight is 488 g/mol. The summed E-state index contributed by atoms with van der Waals surface area (Å²) >= 11 is 0.880. The van der Waals surface area contributed by atoms with E-state index in [1.807, 2.05) is 13.0 Å². The van der Waals surface area contributed by atoms with E-state index in [4.69, 9.17) is 0 Å². The van der Waals surface area contributed by atoms with Crippen LogP contribution in [-0.2, 0) is 14.8 Å². The number of nitrogens with one attached hydrogen (secondary N) is 3. The number of rotatable bonds is 7. The Balaban J connectivity index is 1.44. The summed E-state index contributed by atoms with van der Waals surface area (Å²) in [6, 6.07) is 8.79. The van der Waals surface area contributed by atoms with Gasteiger partial charge in [-0.1, -0.05) is 11.3 Å². The van der Waals surface area contributed by atoms with Gasteiger partial charge in [-0.25, -0.2) is 18.4 Å². The molecule has 3 N–H and O–H groups in total. The van der Waals surface area contributed by atoms with Crippen molar-refractivity contribution in [2.75, 3.05) is 33.3 Å². The van der Waals surface area contributed by atoms with Gasteiger partial charge in [-0.05, 0) is 50.5 Å². The molecule has 3 aromatic rings. The summed E-state index contributed by atoms with van der Waals surface area (Å²) in [6.45, 7) is 5.27. The van der Waals surface area contributed by atoms with Gasteiger partial charge in [0.05, 0.1) is 6.20 Å². The molecule has 3 heterocycles. The van der Waals surface area contributed by atoms with Gasteiger partial charge < -0.3 is 15.5 Å². The smallest absolute Gasteiger partial charge is 0.273 e. The highest BCUT2D eigenvalue weighted by molar-refractivity contribution is 7.94. The van der Waals surface area contributed by atoms with E-state index in [1.54, 1.807) is 24.3 Å². The average Bonchev–Trinajstić information content (AvgIpc) is 3.24. The Labute approximate surface area is 196 Å². The Kier molecular flexibility index (Phi) is 6.75. The van der Waals surface area contributed by atoms with E-state index in [2.05, 4.69) is 35.2 Å². The van der Waals surface area contributed by atoms with Gasteiger partial charge in [0.1, 0.15) is 5.82 Å². The first-order chi connectivity index (χ1) is 15.8. The Morgan fingerprint density at radius 2 is 1.76 bits per heavy atom. The van der Waals surface area contributed by atoms with E-state index < -0.39 is 10.0 Å². The van der Waals surface area contributed by atoms with Crippen LogP contribution in [-0.4, -0.2) is 42.4 Å². The third kappa shape index (κ3) is 5.96. The molecule has 1 aromatic carbocycles. The summed E-state index contributed by atoms with van der Waals surface area (Å²) in [5.74, 6) is 1.10. The summed E-state index contributed by atoms with van der Waals surface area (Å²) in [5.41, 5.74) is 2.01. The largest absolute Gasteiger partial charge is 0.356 e. The molecule has 10 nitrogen and oxygen atoms in total. The molecule has 4 rings (SSSR count). The monoisotopic (exact) mass is 487 g/mol. The number of carbonyl (C=O) groups excluding carboxylic acids is 1. The van der Waals surface area contributed by atoms with Crippen LogP contribution in [0.5, 0.6) is 0 Å². The first kappa shape index (κ1) is 22.9. The lowest BCUT2D eigenvalue weighted by Crippen LogP contribution is -2.30. The van der Waals surface area contributed by atoms with Crippen LogP contribution in [0, 0.1) is 6.92 Å². The molecule has 1 fully saturated rings. The second kappa shape index (κ2) is 9.71. The Morgan fingerprint density at radius 3 is 2.45 bits per heavy atom. The highest BCUT2D eigenvalue weighted by atomic mass is 32.2. The number of anilines is 5. The minimum absolute atomic E-state index is 0.00635. The fourth-order valence-corrected chi connectivity index (χ4v) is 5.58. The summed E-state index contributed by atoms with van der Waals surface area (Å²) in [5, 5.41) is 5.89. The molecule has 33 heavy (non-hydrogen) atoms. The number of hydrogen-bond acceptors (Lipinski definition) is 9. The number of piperidine rings is 1. The Bertz CT molecular complexity index is 1240. The number of aryl methyl sites for hydroxylation is 1. The molecule has 0 unspecified atom stereocenters. The van der Waals surface area contributed by atoms with E-state index in [-0.39, 0.29) is 15.2 Å². The molecule has 0 aliphatic carbocycles. The highest BCUT2D eigenvalue weighted by Crippen LogP contribution is 2.26. The summed E-state index contributed by atoms with van der Waals surface area (Å²) in [4.78, 5) is 26.4. The number of benzene rings is 1. The summed E-state index contributed by atoms with van der Waals surface area (Å²) in [7, 11) is -3.82. The van der Waals surface area contributed by atoms with Crippen molar-refractivity contribution in [2.45, 2.75) is 37.3 Å². The number of hydrogen-bond donors (Lipinski definition) is 3. The maximum atomic E-state index is 12.6. The van der Waals surface area contributed by atoms with E-state index in [0.717, 1.165) is 41.6 Å². The van der Waals surface area contributed by atoms with Crippen molar-refractivity contribution in [3.63, 3.8) is 0 Å². The SMILES string of the molecule is CC(=O)Nc1ncc(S(=O)(=O)Nc2ccc(Nc3nc(C)cc(N4CCCCC4)n3)cc2)s1. The predicted octanol–water partition coefficient (Wildman–Crippen LogP) is 3.73. The van der Waals surface area contributed by atoms with Crippen molar-refractivity contribution in [3.05, 3.63) is 42.2 Å². The van der Waals surface area contributed by atoms with Crippen LogP contribution in [0.25, 0.3) is 0 Å². The first-order valence-corrected chi connectivity index (χ1v) is 12.8. The van der Waals surface area contributed by atoms with E-state index in [0.29, 0.717) is 11.6 Å². The Hall–Kier alpha value is -3.25. The number of carbonyl (C=O) groups is 1. The maximum Gasteiger partial charge on any atom is 0.273 e. The molecule has 0 radical (unpaired) electrons. The van der Waals surface area contributed by atoms with Crippen molar-refractivity contribution in [1.82, 2.24) is 15.0 Å². The molecule has 174 valence electrons. The molecule has 0 atom stereocenters. The number of nitrogens with zero attached hydrogens (tertiary/aromatic N) is 4. The molecule has 0 bridgehead atoms. The molecule has 2 aromatic heterocycles. The lowest BCUT2D eigenvalue weighted by Gasteiger charge is -2.28. The lowest BCUT2D eigenvalue weighted by molar-refractivity contribution is -0.114. The fourth-order valence-electron chi connectivity index (χ4n) is 3.44. The first-order valence-electron chi connectivity index (χ1n) is 10.5. The molecule has 1 aliphatic heterocycles. The summed E-state index contributed by atoms with van der Waals surface area (Å²) < 4.78 is 27.7. The van der Waals surface area contributed by atoms with Crippen LogP contribution < -0.4 is 20.3 Å². The normalized spacial score (nSPS) is 14.1. The third-order valence-corrected chi connectivity index (χ3v) is 7.70. The van der Waals surface area contributed by atoms with Crippen LogP contribution in [0.15, 0.2) is 40.7 Å². The molecule has 1 aliphatic rings. The highest BCUT2D eigenvalue weighted by Gasteiger charge is 2.19. The van der Waals surface area contributed by atoms with Crippen molar-refractivity contribution in [3.8, 4) is 0 Å². The van der Waals surface area contributed by atoms with Crippen molar-refractivity contribution in [2.24, 2.45) is 0 Å². The van der Waals surface area contributed by atoms with E-state index in [1.165, 1.54) is 32.4 Å². The second-order valence-electron chi connectivity index (χ2n) is 7.71. The van der Waals surface area contributed by atoms with E-state index in [9.17, 15) is 13.2 Å². The predicted molar refractivity (Wildman–Crippen MR) is 130 cm³/mol. The van der Waals surface area contributed by atoms with Gasteiger partial charge in [0.15, 0.2) is 9.34 Å². The summed E-state index contributed by atoms with van der Waals surface area (Å²) in [6.07, 6.45) is 4.79. The van der Waals surface area contributed by atoms with Gasteiger partial charge in [-0.2, -0.15) is 4.98 Å². The molecule has 0 spiro atoms. The van der Waals surface area contributed by atoms with E-state index >= 15 is 0 Å². The van der Waals surface area contributed by atoms with Gasteiger partial charge in [0, 0.05) is 43.1 Å². The lowest BCUT2D eigenvalue weighted by atomic mass is 10.1. The molecular formula is C21H25N7O3S2. The standard InChI is InChI=1S/C21H25N7O3S2/c1-14-12-18(28-10-4-3-5-11-28)26-20(23-14)25-16-6-8-17(9-7-16)27-33(30,31)19-13-22-21(32-19)24-15(2)29/h6-9,12-13,27H,3-5,10-11H2,1-2H3,(H,22,24,29)(H,23,25,26). The molecule has 1 amide bonds. The van der Waals surface area contributed by atoms with Crippen LogP contribution in [0.1, 0.15) is 31.9 Å². The molecule has 1 saturated heterocycles. The Morgan fingerprint density at radius 1 is 1.06 bits per heavy atom. The number of aromatic nitrogens is 3. The van der Waals surface area contributed by atoms with Gasteiger partial charge >= 0.3 is 0 Å². The third-order valence-electron chi connectivity index (χ3n) is 4.95. The van der Waals surface area contributed by atoms with Crippen LogP contribution in [0.4, 0.5) is 28.3 Å². The number of thiazole rings is 1. The van der Waals surface area contributed by atoms with Gasteiger partial charge in [-0.15, -0.1) is 0 Å². The van der Waals surface area contributed by atoms with Crippen LogP contribution >= 0.6 is 11.3 Å². The molecular weight excluding hydrogens is 462 g/mol. The molecule has 12 heteroatoms. The number of sulfonamides is 1. The second-order valence-corrected chi connectivity index (χ2v) is 10.7. The fraction of sp³-hybridized carbons (Fsp3) is 0.333. The number of amides is 1. The van der Waals surface area contributed by atoms with Crippen molar-refractivity contribution >= 4 is 55.5 Å². The minimum atomic E-state index is -3.82. The zero-order valence-corrected chi connectivity index (χ0v) is 20.0. The zero-order valence-electron chi connectivity index (χ0n) is 18.3. The van der Waals surface area contributed by atoms with Crippen LogP contribution in [0.2, 0.25) is 0 Å². The van der Waals surface area contributed by atoms with Crippen LogP contribution in [0.3, 0.4) is 0 Å². The quantitative estimate of drug-likeness (QED) is 0.460. The molecule has 0 saturated carbocycles. The topological polar surface area (TPSA) is 129 Å². The zero-order chi connectivity index (χ0) is 23.4. The van der Waals surface area contributed by atoms with Gasteiger partial charge in [0.2, 0.25) is 11.9 Å². The van der Waals surface area contributed by atoms with Gasteiger partial charge in [0.25, 0.3) is 10.0 Å². The minimum Gasteiger partial charge on any atom is -0.356 e. The van der Waals surface area contributed by atoms with Crippen molar-refractivity contribution < 1.29 is 13.2 Å². The van der Waals surface area contributed by atoms with Gasteiger partial charge in [-0.3, -0.25) is 9.52 Å². The maximum absolute atomic E-state index is 12.6. The van der Waals surface area contributed by atoms with Crippen molar-refractivity contribution in [1.29, 1.82) is 0 Å².